The SMILES string of the molecule is O=C(O)CCCC[C@@H](S)CCS.O=C(O)CCCC[C@@H]1CCSS1. The molecule has 0 bridgehead atoms. The number of carboxylic acids is 2. The van der Waals surface area contributed by atoms with Gasteiger partial charge in [0.15, 0.2) is 0 Å². The van der Waals surface area contributed by atoms with Crippen molar-refractivity contribution in [3.63, 3.8) is 0 Å². The van der Waals surface area contributed by atoms with Crippen LogP contribution < -0.4 is 0 Å². The molecule has 0 amide bonds. The summed E-state index contributed by atoms with van der Waals surface area (Å²) in [4.78, 5) is 20.3. The summed E-state index contributed by atoms with van der Waals surface area (Å²) in [6.45, 7) is 0. The third-order valence-electron chi connectivity index (χ3n) is 3.53. The highest BCUT2D eigenvalue weighted by Gasteiger charge is 2.15. The van der Waals surface area contributed by atoms with Crippen LogP contribution in [0.5, 0.6) is 0 Å². The Balaban J connectivity index is 0.000000441. The number of hydrogen-bond acceptors (Lipinski definition) is 6. The molecular formula is C16H30O4S4. The molecule has 1 heterocycles. The van der Waals surface area contributed by atoms with Crippen LogP contribution in [0.4, 0.5) is 0 Å². The van der Waals surface area contributed by atoms with E-state index >= 15 is 0 Å². The van der Waals surface area contributed by atoms with Crippen molar-refractivity contribution in [2.75, 3.05) is 11.5 Å². The van der Waals surface area contributed by atoms with E-state index in [4.69, 9.17) is 10.2 Å². The highest BCUT2D eigenvalue weighted by Crippen LogP contribution is 2.39. The Morgan fingerprint density at radius 1 is 1.04 bits per heavy atom. The summed E-state index contributed by atoms with van der Waals surface area (Å²) in [5.74, 6) is 0.754. The second-order valence-electron chi connectivity index (χ2n) is 5.77. The van der Waals surface area contributed by atoms with Crippen LogP contribution in [0.15, 0.2) is 0 Å². The maximum absolute atomic E-state index is 10.2. The molecule has 2 atom stereocenters. The fourth-order valence-corrected chi connectivity index (χ4v) is 6.02. The zero-order valence-electron chi connectivity index (χ0n) is 14.1. The molecule has 1 saturated heterocycles. The second-order valence-corrected chi connectivity index (χ2v) is 9.74. The van der Waals surface area contributed by atoms with Gasteiger partial charge in [-0.2, -0.15) is 25.3 Å². The second kappa shape index (κ2) is 16.8. The van der Waals surface area contributed by atoms with Crippen molar-refractivity contribution in [1.29, 1.82) is 0 Å². The highest BCUT2D eigenvalue weighted by atomic mass is 33.1. The van der Waals surface area contributed by atoms with Crippen molar-refractivity contribution < 1.29 is 19.8 Å². The number of carboxylic acid groups (broad SMARTS) is 2. The molecule has 4 nitrogen and oxygen atoms in total. The Morgan fingerprint density at radius 2 is 1.67 bits per heavy atom. The van der Waals surface area contributed by atoms with Crippen molar-refractivity contribution in [3.05, 3.63) is 0 Å². The fourth-order valence-electron chi connectivity index (χ4n) is 2.16. The summed E-state index contributed by atoms with van der Waals surface area (Å²) in [5.41, 5.74) is 0. The van der Waals surface area contributed by atoms with E-state index in [1.54, 1.807) is 0 Å². The van der Waals surface area contributed by atoms with Crippen molar-refractivity contribution in [2.45, 2.75) is 74.7 Å². The Kier molecular flexibility index (Phi) is 17.0. The molecule has 2 N–H and O–H groups in total. The van der Waals surface area contributed by atoms with E-state index in [0.717, 1.165) is 49.5 Å². The molecule has 1 rings (SSSR count). The average molecular weight is 415 g/mol. The molecular weight excluding hydrogens is 384 g/mol. The molecule has 1 aliphatic rings. The van der Waals surface area contributed by atoms with Gasteiger partial charge in [0, 0.05) is 29.1 Å². The minimum Gasteiger partial charge on any atom is -0.481 e. The van der Waals surface area contributed by atoms with E-state index in [2.05, 4.69) is 25.3 Å². The van der Waals surface area contributed by atoms with Gasteiger partial charge in [0.05, 0.1) is 0 Å². The Hall–Kier alpha value is 0.340. The topological polar surface area (TPSA) is 74.6 Å². The monoisotopic (exact) mass is 414 g/mol. The quantitative estimate of drug-likeness (QED) is 0.204. The standard InChI is InChI=1S/C8H14O2S2.C8H16O2S2/c9-8(10)4-2-1-3-7-5-6-11-12-7;9-8(10)4-2-1-3-7(12)5-6-11/h7H,1-6H2,(H,9,10);7,11-12H,1-6H2,(H,9,10)/t2*7-/m11/s1. The first-order chi connectivity index (χ1) is 11.5. The molecule has 1 fully saturated rings. The minimum absolute atomic E-state index is 0.279. The van der Waals surface area contributed by atoms with Gasteiger partial charge in [-0.25, -0.2) is 0 Å². The van der Waals surface area contributed by atoms with Gasteiger partial charge < -0.3 is 10.2 Å². The van der Waals surface area contributed by atoms with Crippen LogP contribution in [0.1, 0.15) is 64.2 Å². The molecule has 0 aliphatic carbocycles. The molecule has 0 spiro atoms. The normalized spacial score (nSPS) is 17.8. The molecule has 0 radical (unpaired) electrons. The first-order valence-electron chi connectivity index (χ1n) is 8.46. The fraction of sp³-hybridized carbons (Fsp3) is 0.875. The maximum atomic E-state index is 10.2. The zero-order valence-corrected chi connectivity index (χ0v) is 17.5. The number of carbonyl (C=O) groups is 2. The van der Waals surface area contributed by atoms with E-state index < -0.39 is 11.9 Å². The molecule has 0 saturated carbocycles. The third kappa shape index (κ3) is 17.2. The van der Waals surface area contributed by atoms with Crippen molar-refractivity contribution in [3.8, 4) is 0 Å². The van der Waals surface area contributed by atoms with Gasteiger partial charge in [-0.3, -0.25) is 9.59 Å². The summed E-state index contributed by atoms with van der Waals surface area (Å²) >= 11 is 8.43. The molecule has 24 heavy (non-hydrogen) atoms. The van der Waals surface area contributed by atoms with Crippen LogP contribution >= 0.6 is 46.8 Å². The van der Waals surface area contributed by atoms with E-state index in [1.165, 1.54) is 18.6 Å². The van der Waals surface area contributed by atoms with Gasteiger partial charge in [-0.1, -0.05) is 34.4 Å². The minimum atomic E-state index is -0.708. The Bertz CT molecular complexity index is 336. The van der Waals surface area contributed by atoms with Gasteiger partial charge in [-0.05, 0) is 44.3 Å². The van der Waals surface area contributed by atoms with Crippen molar-refractivity contribution in [1.82, 2.24) is 0 Å². The van der Waals surface area contributed by atoms with Crippen molar-refractivity contribution in [2.24, 2.45) is 0 Å². The Labute approximate surface area is 164 Å². The zero-order chi connectivity index (χ0) is 18.2. The van der Waals surface area contributed by atoms with Crippen LogP contribution in [0.3, 0.4) is 0 Å². The lowest BCUT2D eigenvalue weighted by Crippen LogP contribution is -2.00. The average Bonchev–Trinajstić information content (AvgIpc) is 3.02. The summed E-state index contributed by atoms with van der Waals surface area (Å²) in [6.07, 6.45) is 8.75. The lowest BCUT2D eigenvalue weighted by atomic mass is 10.1. The van der Waals surface area contributed by atoms with Crippen LogP contribution in [0.2, 0.25) is 0 Å². The number of unbranched alkanes of at least 4 members (excludes halogenated alkanes) is 2. The predicted molar refractivity (Wildman–Crippen MR) is 112 cm³/mol. The van der Waals surface area contributed by atoms with E-state index in [9.17, 15) is 9.59 Å². The number of rotatable bonds is 12. The van der Waals surface area contributed by atoms with E-state index in [-0.39, 0.29) is 6.42 Å². The van der Waals surface area contributed by atoms with Gasteiger partial charge in [0.2, 0.25) is 0 Å². The highest BCUT2D eigenvalue weighted by molar-refractivity contribution is 8.77. The largest absolute Gasteiger partial charge is 0.481 e. The maximum Gasteiger partial charge on any atom is 0.303 e. The molecule has 8 heteroatoms. The lowest BCUT2D eigenvalue weighted by Gasteiger charge is -2.06. The number of thiol groups is 2. The summed E-state index contributed by atoms with van der Waals surface area (Å²) < 4.78 is 0. The van der Waals surface area contributed by atoms with Crippen LogP contribution in [-0.4, -0.2) is 44.2 Å². The van der Waals surface area contributed by atoms with Gasteiger partial charge in [0.1, 0.15) is 0 Å². The number of aliphatic carboxylic acids is 2. The molecule has 0 aromatic carbocycles. The predicted octanol–water partition coefficient (Wildman–Crippen LogP) is 5.03. The van der Waals surface area contributed by atoms with Gasteiger partial charge >= 0.3 is 11.9 Å². The molecule has 0 aromatic rings. The van der Waals surface area contributed by atoms with Crippen LogP contribution in [0.25, 0.3) is 0 Å². The van der Waals surface area contributed by atoms with E-state index in [0.29, 0.717) is 11.7 Å². The third-order valence-corrected chi connectivity index (χ3v) is 7.32. The summed E-state index contributed by atoms with van der Waals surface area (Å²) in [5, 5.41) is 17.9. The first kappa shape index (κ1) is 24.3. The van der Waals surface area contributed by atoms with Crippen LogP contribution in [0, 0.1) is 0 Å². The summed E-state index contributed by atoms with van der Waals surface area (Å²) in [6, 6.07) is 0. The van der Waals surface area contributed by atoms with Crippen LogP contribution in [-0.2, 0) is 9.59 Å². The van der Waals surface area contributed by atoms with Crippen molar-refractivity contribution >= 4 is 58.8 Å². The van der Waals surface area contributed by atoms with Gasteiger partial charge in [-0.15, -0.1) is 0 Å². The smallest absolute Gasteiger partial charge is 0.303 e. The summed E-state index contributed by atoms with van der Waals surface area (Å²) in [7, 11) is 3.92. The Morgan fingerprint density at radius 3 is 2.17 bits per heavy atom. The lowest BCUT2D eigenvalue weighted by molar-refractivity contribution is -0.138. The molecule has 0 aromatic heterocycles. The molecule has 0 unspecified atom stereocenters. The molecule has 142 valence electrons. The number of hydrogen-bond donors (Lipinski definition) is 4. The van der Waals surface area contributed by atoms with Gasteiger partial charge in [0.25, 0.3) is 0 Å². The molecule has 1 aliphatic heterocycles. The van der Waals surface area contributed by atoms with E-state index in [1.807, 2.05) is 21.6 Å². The first-order valence-corrected chi connectivity index (χ1v) is 12.0.